The number of nitrogens with zero attached hydrogens (tertiary/aromatic N) is 5. The highest BCUT2D eigenvalue weighted by Crippen LogP contribution is 2.38. The zero-order chi connectivity index (χ0) is 20.8. The molecule has 0 atom stereocenters. The molecule has 6 heteroatoms. The first kappa shape index (κ1) is 18.8. The first-order valence-electron chi connectivity index (χ1n) is 10.4. The summed E-state index contributed by atoms with van der Waals surface area (Å²) in [6.07, 6.45) is 0. The molecule has 1 saturated heterocycles. The minimum Gasteiger partial charge on any atom is -0.507 e. The summed E-state index contributed by atoms with van der Waals surface area (Å²) in [5.41, 5.74) is 7.41. The maximum Gasteiger partial charge on any atom is 0.125 e. The van der Waals surface area contributed by atoms with E-state index >= 15 is 0 Å². The quantitative estimate of drug-likeness (QED) is 0.557. The van der Waals surface area contributed by atoms with Crippen LogP contribution < -0.4 is 0 Å². The number of hydrogen-bond acceptors (Lipinski definition) is 5. The van der Waals surface area contributed by atoms with Gasteiger partial charge in [-0.25, -0.2) is 4.52 Å². The number of benzene rings is 1. The molecule has 4 heterocycles. The van der Waals surface area contributed by atoms with Crippen LogP contribution in [0.25, 0.3) is 27.9 Å². The van der Waals surface area contributed by atoms with Crippen molar-refractivity contribution >= 4 is 5.52 Å². The highest BCUT2D eigenvalue weighted by atomic mass is 16.3. The Labute approximate surface area is 175 Å². The Morgan fingerprint density at radius 1 is 1.03 bits per heavy atom. The third-order valence-electron chi connectivity index (χ3n) is 5.98. The van der Waals surface area contributed by atoms with E-state index in [0.29, 0.717) is 17.2 Å². The highest BCUT2D eigenvalue weighted by molar-refractivity contribution is 5.87. The Hall–Kier alpha value is -3.25. The number of likely N-dealkylation sites (tertiary alicyclic amines) is 1. The van der Waals surface area contributed by atoms with Gasteiger partial charge in [0.15, 0.2) is 0 Å². The molecule has 1 aromatic carbocycles. The summed E-state index contributed by atoms with van der Waals surface area (Å²) in [7, 11) is 0. The molecule has 0 radical (unpaired) electrons. The smallest absolute Gasteiger partial charge is 0.125 e. The number of aromatic nitrogens is 4. The molecule has 1 aliphatic rings. The van der Waals surface area contributed by atoms with Crippen molar-refractivity contribution in [2.75, 3.05) is 19.6 Å². The molecule has 30 heavy (non-hydrogen) atoms. The van der Waals surface area contributed by atoms with E-state index in [1.165, 1.54) is 0 Å². The lowest BCUT2D eigenvalue weighted by atomic mass is 9.94. The molecule has 0 unspecified atom stereocenters. The van der Waals surface area contributed by atoms with Crippen molar-refractivity contribution in [1.29, 1.82) is 0 Å². The second-order valence-electron chi connectivity index (χ2n) is 8.10. The topological polar surface area (TPSA) is 66.5 Å². The van der Waals surface area contributed by atoms with Crippen molar-refractivity contribution in [3.8, 4) is 28.1 Å². The molecule has 0 amide bonds. The van der Waals surface area contributed by atoms with Crippen molar-refractivity contribution < 1.29 is 5.11 Å². The van der Waals surface area contributed by atoms with Gasteiger partial charge in [0, 0.05) is 24.7 Å². The molecule has 3 aromatic heterocycles. The molecule has 0 saturated carbocycles. The van der Waals surface area contributed by atoms with E-state index in [9.17, 15) is 5.11 Å². The van der Waals surface area contributed by atoms with Gasteiger partial charge in [-0.2, -0.15) is 15.3 Å². The van der Waals surface area contributed by atoms with E-state index in [-0.39, 0.29) is 5.75 Å². The zero-order valence-electron chi connectivity index (χ0n) is 17.5. The molecule has 0 aliphatic carbocycles. The number of fused-ring (bicyclic) bond motifs is 1. The van der Waals surface area contributed by atoms with Gasteiger partial charge in [-0.3, -0.25) is 0 Å². The second kappa shape index (κ2) is 7.22. The van der Waals surface area contributed by atoms with Crippen LogP contribution in [0.3, 0.4) is 0 Å². The Balaban J connectivity index is 1.56. The van der Waals surface area contributed by atoms with Crippen LogP contribution in [0.5, 0.6) is 5.75 Å². The van der Waals surface area contributed by atoms with E-state index in [1.807, 2.05) is 42.6 Å². The van der Waals surface area contributed by atoms with Crippen molar-refractivity contribution in [2.24, 2.45) is 0 Å². The Kier molecular flexibility index (Phi) is 4.51. The van der Waals surface area contributed by atoms with E-state index in [2.05, 4.69) is 45.3 Å². The van der Waals surface area contributed by atoms with Crippen LogP contribution in [0.15, 0.2) is 48.5 Å². The average Bonchev–Trinajstić information content (AvgIpc) is 3.08. The van der Waals surface area contributed by atoms with Gasteiger partial charge < -0.3 is 10.0 Å². The van der Waals surface area contributed by atoms with Crippen LogP contribution in [0.4, 0.5) is 0 Å². The molecular weight excluding hydrogens is 374 g/mol. The van der Waals surface area contributed by atoms with Gasteiger partial charge in [-0.05, 0) is 67.9 Å². The Morgan fingerprint density at radius 2 is 1.87 bits per heavy atom. The molecular formula is C24H25N5O. The summed E-state index contributed by atoms with van der Waals surface area (Å²) >= 11 is 0. The first-order valence-corrected chi connectivity index (χ1v) is 10.4. The summed E-state index contributed by atoms with van der Waals surface area (Å²) in [5.74, 6) is 0.656. The number of pyridine rings is 1. The standard InChI is InChI=1S/C24H25N5O/c1-4-28-13-18(14-28)21-8-9-22(26-25-21)24-20(6-5-7-23(24)30)17-11-16(3)29-19(12-17)10-15(2)27-29/h5-12,18,30H,4,13-14H2,1-3H3. The van der Waals surface area contributed by atoms with Crippen LogP contribution in [0.2, 0.25) is 0 Å². The maximum atomic E-state index is 10.7. The molecule has 1 aliphatic heterocycles. The fourth-order valence-electron chi connectivity index (χ4n) is 4.31. The molecule has 6 nitrogen and oxygen atoms in total. The number of aryl methyl sites for hydroxylation is 2. The lowest BCUT2D eigenvalue weighted by Gasteiger charge is -2.37. The SMILES string of the molecule is CCN1CC(c2ccc(-c3c(O)cccc3-c3cc(C)n4nc(C)cc4c3)nn2)C1. The third-order valence-corrected chi connectivity index (χ3v) is 5.98. The van der Waals surface area contributed by atoms with E-state index in [4.69, 9.17) is 0 Å². The molecule has 5 rings (SSSR count). The van der Waals surface area contributed by atoms with Crippen LogP contribution in [-0.2, 0) is 0 Å². The van der Waals surface area contributed by atoms with E-state index < -0.39 is 0 Å². The minimum absolute atomic E-state index is 0.206. The second-order valence-corrected chi connectivity index (χ2v) is 8.10. The normalized spacial score (nSPS) is 14.9. The number of aromatic hydroxyl groups is 1. The predicted octanol–water partition coefficient (Wildman–Crippen LogP) is 4.20. The van der Waals surface area contributed by atoms with E-state index in [0.717, 1.165) is 53.4 Å². The summed E-state index contributed by atoms with van der Waals surface area (Å²) in [5, 5.41) is 24.2. The lowest BCUT2D eigenvalue weighted by molar-refractivity contribution is 0.154. The summed E-state index contributed by atoms with van der Waals surface area (Å²) in [6, 6.07) is 15.9. The largest absolute Gasteiger partial charge is 0.507 e. The number of rotatable bonds is 4. The predicted molar refractivity (Wildman–Crippen MR) is 118 cm³/mol. The van der Waals surface area contributed by atoms with Crippen LogP contribution in [0.1, 0.15) is 29.9 Å². The van der Waals surface area contributed by atoms with E-state index in [1.54, 1.807) is 6.07 Å². The number of likely N-dealkylation sites (N-methyl/N-ethyl adjacent to an activating group) is 1. The molecule has 4 aromatic rings. The lowest BCUT2D eigenvalue weighted by Crippen LogP contribution is -2.44. The first-order chi connectivity index (χ1) is 14.5. The summed E-state index contributed by atoms with van der Waals surface area (Å²) < 4.78 is 1.94. The third kappa shape index (κ3) is 3.13. The Morgan fingerprint density at radius 3 is 2.60 bits per heavy atom. The van der Waals surface area contributed by atoms with Gasteiger partial charge in [-0.15, -0.1) is 0 Å². The number of hydrogen-bond donors (Lipinski definition) is 1. The van der Waals surface area contributed by atoms with Crippen LogP contribution in [-0.4, -0.2) is 49.5 Å². The van der Waals surface area contributed by atoms with Crippen molar-refractivity contribution in [1.82, 2.24) is 24.7 Å². The molecule has 1 N–H and O–H groups in total. The summed E-state index contributed by atoms with van der Waals surface area (Å²) in [4.78, 5) is 2.39. The van der Waals surface area contributed by atoms with Crippen molar-refractivity contribution in [2.45, 2.75) is 26.7 Å². The monoisotopic (exact) mass is 399 g/mol. The fraction of sp³-hybridized carbons (Fsp3) is 0.292. The average molecular weight is 399 g/mol. The highest BCUT2D eigenvalue weighted by Gasteiger charge is 2.28. The Bertz CT molecular complexity index is 1220. The van der Waals surface area contributed by atoms with Gasteiger partial charge in [0.05, 0.1) is 28.2 Å². The van der Waals surface area contributed by atoms with Gasteiger partial charge in [0.25, 0.3) is 0 Å². The van der Waals surface area contributed by atoms with Crippen molar-refractivity contribution in [3.63, 3.8) is 0 Å². The van der Waals surface area contributed by atoms with Crippen LogP contribution in [0, 0.1) is 13.8 Å². The summed E-state index contributed by atoms with van der Waals surface area (Å²) in [6.45, 7) is 9.36. The zero-order valence-corrected chi connectivity index (χ0v) is 17.5. The van der Waals surface area contributed by atoms with Gasteiger partial charge >= 0.3 is 0 Å². The van der Waals surface area contributed by atoms with Gasteiger partial charge in [0.1, 0.15) is 5.75 Å². The fourth-order valence-corrected chi connectivity index (χ4v) is 4.31. The molecule has 152 valence electrons. The van der Waals surface area contributed by atoms with Crippen molar-refractivity contribution in [3.05, 3.63) is 65.6 Å². The van der Waals surface area contributed by atoms with Crippen LogP contribution >= 0.6 is 0 Å². The van der Waals surface area contributed by atoms with Gasteiger partial charge in [-0.1, -0.05) is 19.1 Å². The maximum absolute atomic E-state index is 10.7. The number of phenols is 1. The molecule has 0 bridgehead atoms. The van der Waals surface area contributed by atoms with Gasteiger partial charge in [0.2, 0.25) is 0 Å². The molecule has 1 fully saturated rings. The number of phenolic OH excluding ortho intramolecular Hbond substituents is 1. The molecule has 0 spiro atoms. The minimum atomic E-state index is 0.206.